The molecule has 0 aliphatic carbocycles. The van der Waals surface area contributed by atoms with Gasteiger partial charge < -0.3 is 19.7 Å². The van der Waals surface area contributed by atoms with Gasteiger partial charge in [-0.3, -0.25) is 5.32 Å². The second kappa shape index (κ2) is 7.85. The fraction of sp³-hybridized carbons (Fsp3) is 0.643. The molecule has 1 aliphatic rings. The monoisotopic (exact) mass is 363 g/mol. The number of rotatable bonds is 6. The number of alkyl halides is 2. The summed E-state index contributed by atoms with van der Waals surface area (Å²) in [6, 6.07) is 1.11. The van der Waals surface area contributed by atoms with Crippen LogP contribution in [0.15, 0.2) is 17.1 Å². The summed E-state index contributed by atoms with van der Waals surface area (Å²) in [7, 11) is 0. The molecule has 140 valence electrons. The van der Waals surface area contributed by atoms with Crippen molar-refractivity contribution in [2.45, 2.75) is 44.1 Å². The number of halogens is 2. The van der Waals surface area contributed by atoms with Crippen molar-refractivity contribution in [3.8, 4) is 0 Å². The zero-order chi connectivity index (χ0) is 18.6. The number of aliphatic hydroxyl groups excluding tert-OH is 2. The van der Waals surface area contributed by atoms with Crippen LogP contribution < -0.4 is 11.0 Å². The van der Waals surface area contributed by atoms with Gasteiger partial charge in [0.2, 0.25) is 6.23 Å². The summed E-state index contributed by atoms with van der Waals surface area (Å²) in [4.78, 5) is 27.1. The van der Waals surface area contributed by atoms with Gasteiger partial charge in [0.15, 0.2) is 6.10 Å². The molecule has 0 bridgehead atoms. The highest BCUT2D eigenvalue weighted by Crippen LogP contribution is 2.43. The van der Waals surface area contributed by atoms with E-state index in [0.717, 1.165) is 18.7 Å². The molecular weight excluding hydrogens is 344 g/mol. The molecule has 0 spiro atoms. The summed E-state index contributed by atoms with van der Waals surface area (Å²) in [5, 5.41) is 20.8. The van der Waals surface area contributed by atoms with Crippen molar-refractivity contribution >= 4 is 11.9 Å². The van der Waals surface area contributed by atoms with E-state index in [0.29, 0.717) is 11.0 Å². The van der Waals surface area contributed by atoms with Gasteiger partial charge in [0.25, 0.3) is 0 Å². The van der Waals surface area contributed by atoms with Gasteiger partial charge in [0, 0.05) is 6.20 Å². The quantitative estimate of drug-likeness (QED) is 0.628. The van der Waals surface area contributed by atoms with Crippen molar-refractivity contribution in [2.24, 2.45) is 0 Å². The van der Waals surface area contributed by atoms with Crippen LogP contribution in [0.2, 0.25) is 0 Å². The van der Waals surface area contributed by atoms with Crippen LogP contribution in [0.3, 0.4) is 0 Å². The number of hydrogen-bond acceptors (Lipinski definition) is 7. The lowest BCUT2D eigenvalue weighted by molar-refractivity contribution is -0.140. The molecule has 25 heavy (non-hydrogen) atoms. The maximum absolute atomic E-state index is 14.3. The number of hydrogen-bond donors (Lipinski definition) is 3. The topological polar surface area (TPSA) is 123 Å². The minimum atomic E-state index is -3.89. The zero-order valence-electron chi connectivity index (χ0n) is 13.4. The van der Waals surface area contributed by atoms with Gasteiger partial charge >= 0.3 is 17.7 Å². The first kappa shape index (κ1) is 19.2. The van der Waals surface area contributed by atoms with Gasteiger partial charge in [-0.25, -0.2) is 19.1 Å². The van der Waals surface area contributed by atoms with Crippen LogP contribution in [0.4, 0.5) is 19.4 Å². The van der Waals surface area contributed by atoms with E-state index in [2.05, 4.69) is 10.3 Å². The van der Waals surface area contributed by atoms with Crippen LogP contribution in [0, 0.1) is 0 Å². The Labute approximate surface area is 141 Å². The van der Waals surface area contributed by atoms with Gasteiger partial charge in [-0.2, -0.15) is 8.78 Å². The second-order valence-electron chi connectivity index (χ2n) is 5.43. The van der Waals surface area contributed by atoms with Crippen LogP contribution in [-0.2, 0) is 9.47 Å². The Morgan fingerprint density at radius 1 is 1.56 bits per heavy atom. The molecule has 0 aromatic carbocycles. The molecule has 1 fully saturated rings. The first-order valence-corrected chi connectivity index (χ1v) is 7.66. The van der Waals surface area contributed by atoms with Crippen molar-refractivity contribution < 1.29 is 33.3 Å². The van der Waals surface area contributed by atoms with E-state index in [-0.39, 0.29) is 12.4 Å². The number of amides is 1. The number of anilines is 1. The molecule has 0 radical (unpaired) electrons. The molecule has 3 N–H and O–H groups in total. The van der Waals surface area contributed by atoms with E-state index < -0.39 is 42.7 Å². The molecule has 0 unspecified atom stereocenters. The lowest BCUT2D eigenvalue weighted by Gasteiger charge is -2.23. The van der Waals surface area contributed by atoms with Crippen LogP contribution in [0.25, 0.3) is 0 Å². The molecule has 1 aromatic heterocycles. The molecule has 11 heteroatoms. The van der Waals surface area contributed by atoms with Crippen LogP contribution in [-0.4, -0.2) is 57.2 Å². The fourth-order valence-corrected chi connectivity index (χ4v) is 2.30. The number of ether oxygens (including phenoxy) is 2. The second-order valence-corrected chi connectivity index (χ2v) is 5.43. The van der Waals surface area contributed by atoms with Crippen molar-refractivity contribution in [2.75, 3.05) is 18.5 Å². The van der Waals surface area contributed by atoms with Crippen LogP contribution in [0.1, 0.15) is 26.0 Å². The number of aromatic nitrogens is 2. The van der Waals surface area contributed by atoms with Crippen molar-refractivity contribution in [3.05, 3.63) is 22.7 Å². The van der Waals surface area contributed by atoms with Crippen molar-refractivity contribution in [1.29, 1.82) is 0 Å². The first-order valence-electron chi connectivity index (χ1n) is 7.66. The molecule has 0 saturated carbocycles. The Kier molecular flexibility index (Phi) is 6.03. The van der Waals surface area contributed by atoms with Gasteiger partial charge in [-0.05, 0) is 12.5 Å². The smallest absolute Gasteiger partial charge is 0.412 e. The summed E-state index contributed by atoms with van der Waals surface area (Å²) >= 11 is 0. The Balaban J connectivity index is 2.29. The highest BCUT2D eigenvalue weighted by atomic mass is 19.3. The zero-order valence-corrected chi connectivity index (χ0v) is 13.4. The van der Waals surface area contributed by atoms with Gasteiger partial charge in [-0.1, -0.05) is 13.3 Å². The minimum Gasteiger partial charge on any atom is -0.449 e. The molecule has 1 amide bonds. The molecule has 2 rings (SSSR count). The molecule has 1 saturated heterocycles. The molecule has 9 nitrogen and oxygen atoms in total. The highest BCUT2D eigenvalue weighted by Gasteiger charge is 2.60. The third-order valence-electron chi connectivity index (χ3n) is 3.64. The SMILES string of the molecule is CCCCOC(=O)Nc1ccnc(=O)n1[C@@H]1O[C@H](CO)[C@@H](O)C1(F)F. The normalized spacial score (nSPS) is 24.9. The highest BCUT2D eigenvalue weighted by molar-refractivity contribution is 5.83. The largest absolute Gasteiger partial charge is 0.449 e. The van der Waals surface area contributed by atoms with E-state index in [4.69, 9.17) is 14.6 Å². The average Bonchev–Trinajstić information content (AvgIpc) is 2.78. The van der Waals surface area contributed by atoms with Crippen LogP contribution in [0.5, 0.6) is 0 Å². The fourth-order valence-electron chi connectivity index (χ4n) is 2.30. The summed E-state index contributed by atoms with van der Waals surface area (Å²) in [5.41, 5.74) is -1.12. The number of carbonyl (C=O) groups excluding carboxylic acids is 1. The molecule has 1 aromatic rings. The Hall–Kier alpha value is -2.11. The number of unbranched alkanes of at least 4 members (excludes halogenated alkanes) is 1. The first-order chi connectivity index (χ1) is 11.8. The predicted octanol–water partition coefficient (Wildman–Crippen LogP) is 0.478. The van der Waals surface area contributed by atoms with E-state index >= 15 is 0 Å². The summed E-state index contributed by atoms with van der Waals surface area (Å²) < 4.78 is 38.7. The standard InChI is InChI=1S/C14H19F2N3O6/c1-2-3-6-24-13(23)18-9-4-5-17-12(22)19(9)11-14(15,16)10(21)8(7-20)25-11/h4-5,8,10-11,20-21H,2-3,6-7H2,1H3,(H,18,23)/t8-,10-,11-/m1/s1. The van der Waals surface area contributed by atoms with Gasteiger partial charge in [-0.15, -0.1) is 0 Å². The lowest BCUT2D eigenvalue weighted by atomic mass is 10.1. The lowest BCUT2D eigenvalue weighted by Crippen LogP contribution is -2.42. The Morgan fingerprint density at radius 3 is 2.88 bits per heavy atom. The third kappa shape index (κ3) is 3.94. The Bertz CT molecular complexity index is 668. The van der Waals surface area contributed by atoms with E-state index in [1.807, 2.05) is 6.92 Å². The maximum Gasteiger partial charge on any atom is 0.412 e. The van der Waals surface area contributed by atoms with Crippen LogP contribution >= 0.6 is 0 Å². The molecule has 1 aliphatic heterocycles. The predicted molar refractivity (Wildman–Crippen MR) is 80.3 cm³/mol. The molecule has 2 heterocycles. The van der Waals surface area contributed by atoms with Crippen molar-refractivity contribution in [3.63, 3.8) is 0 Å². The average molecular weight is 363 g/mol. The van der Waals surface area contributed by atoms with E-state index in [9.17, 15) is 23.5 Å². The number of aliphatic hydroxyl groups is 2. The number of carbonyl (C=O) groups is 1. The number of nitrogens with zero attached hydrogens (tertiary/aromatic N) is 2. The van der Waals surface area contributed by atoms with Crippen molar-refractivity contribution in [1.82, 2.24) is 9.55 Å². The third-order valence-corrected chi connectivity index (χ3v) is 3.64. The Morgan fingerprint density at radius 2 is 2.28 bits per heavy atom. The molecule has 3 atom stereocenters. The maximum atomic E-state index is 14.3. The van der Waals surface area contributed by atoms with E-state index in [1.165, 1.54) is 0 Å². The number of nitrogens with one attached hydrogen (secondary N) is 1. The summed E-state index contributed by atoms with van der Waals surface area (Å²) in [5.74, 6) is -4.22. The van der Waals surface area contributed by atoms with E-state index in [1.54, 1.807) is 0 Å². The van der Waals surface area contributed by atoms with Gasteiger partial charge in [0.05, 0.1) is 13.2 Å². The summed E-state index contributed by atoms with van der Waals surface area (Å²) in [6.45, 7) is 1.15. The van der Waals surface area contributed by atoms with Gasteiger partial charge in [0.1, 0.15) is 11.9 Å². The summed E-state index contributed by atoms with van der Waals surface area (Å²) in [6.07, 6.45) is -4.66. The minimum absolute atomic E-state index is 0.124. The molecular formula is C14H19F2N3O6.